The fraction of sp³-hybridized carbons (Fsp3) is 0.300. The van der Waals surface area contributed by atoms with E-state index in [-0.39, 0.29) is 18.4 Å². The Kier molecular flexibility index (Phi) is 7.02. The quantitative estimate of drug-likeness (QED) is 0.789. The molecule has 2 aromatic carbocycles. The molecule has 0 aliphatic heterocycles. The van der Waals surface area contributed by atoms with Crippen LogP contribution in [-0.4, -0.2) is 39.1 Å². The average molecular weight is 356 g/mol. The Hall–Kier alpha value is -3.02. The molecule has 0 aliphatic rings. The normalized spacial score (nSPS) is 10.1. The zero-order chi connectivity index (χ0) is 18.9. The highest BCUT2D eigenvalue weighted by molar-refractivity contribution is 5.97. The van der Waals surface area contributed by atoms with E-state index in [1.54, 1.807) is 38.5 Å². The number of rotatable bonds is 8. The summed E-state index contributed by atoms with van der Waals surface area (Å²) in [5.74, 6) is 1.10. The molecule has 0 spiro atoms. The van der Waals surface area contributed by atoms with Crippen LogP contribution >= 0.6 is 0 Å². The predicted molar refractivity (Wildman–Crippen MR) is 101 cm³/mol. The van der Waals surface area contributed by atoms with Crippen molar-refractivity contribution in [3.8, 4) is 11.5 Å². The van der Waals surface area contributed by atoms with Gasteiger partial charge in [-0.05, 0) is 48.4 Å². The molecule has 0 saturated carbocycles. The highest BCUT2D eigenvalue weighted by Crippen LogP contribution is 2.19. The molecular formula is C20H24N2O4. The molecule has 6 heteroatoms. The van der Waals surface area contributed by atoms with Crippen molar-refractivity contribution >= 4 is 17.5 Å². The number of carbonyl (C=O) groups is 2. The third-order valence-electron chi connectivity index (χ3n) is 3.96. The number of hydrogen-bond donors (Lipinski definition) is 1. The molecule has 0 unspecified atom stereocenters. The minimum Gasteiger partial charge on any atom is -0.497 e. The van der Waals surface area contributed by atoms with Crippen molar-refractivity contribution in [2.45, 2.75) is 13.3 Å². The maximum atomic E-state index is 12.2. The van der Waals surface area contributed by atoms with Crippen molar-refractivity contribution in [2.24, 2.45) is 0 Å². The van der Waals surface area contributed by atoms with Crippen LogP contribution in [0.2, 0.25) is 0 Å². The van der Waals surface area contributed by atoms with E-state index in [4.69, 9.17) is 9.47 Å². The van der Waals surface area contributed by atoms with Crippen molar-refractivity contribution in [2.75, 3.05) is 32.2 Å². The zero-order valence-electron chi connectivity index (χ0n) is 15.3. The van der Waals surface area contributed by atoms with E-state index in [9.17, 15) is 9.59 Å². The molecule has 0 radical (unpaired) electrons. The molecule has 2 rings (SSSR count). The molecule has 0 aliphatic carbocycles. The van der Waals surface area contributed by atoms with Crippen molar-refractivity contribution in [3.05, 3.63) is 54.1 Å². The first-order valence-corrected chi connectivity index (χ1v) is 8.35. The van der Waals surface area contributed by atoms with Gasteiger partial charge in [-0.3, -0.25) is 9.59 Å². The molecule has 1 N–H and O–H groups in total. The Morgan fingerprint density at radius 1 is 0.923 bits per heavy atom. The smallest absolute Gasteiger partial charge is 0.240 e. The van der Waals surface area contributed by atoms with E-state index in [2.05, 4.69) is 5.32 Å². The summed E-state index contributed by atoms with van der Waals surface area (Å²) in [6, 6.07) is 14.7. The summed E-state index contributed by atoms with van der Waals surface area (Å²) in [6.45, 7) is 1.92. The third kappa shape index (κ3) is 5.51. The molecule has 26 heavy (non-hydrogen) atoms. The minimum absolute atomic E-state index is 0.0235. The summed E-state index contributed by atoms with van der Waals surface area (Å²) in [5, 5.41) is 2.85. The number of ether oxygens (including phenoxy) is 2. The first-order valence-electron chi connectivity index (χ1n) is 8.35. The SMILES string of the molecule is COc1ccc(CCNC(=O)CN(C(C)=O)c2ccc(OC)cc2)cc1. The maximum Gasteiger partial charge on any atom is 0.240 e. The predicted octanol–water partition coefficient (Wildman–Crippen LogP) is 2.42. The van der Waals surface area contributed by atoms with Gasteiger partial charge in [-0.2, -0.15) is 0 Å². The lowest BCUT2D eigenvalue weighted by Crippen LogP contribution is -2.40. The van der Waals surface area contributed by atoms with Gasteiger partial charge < -0.3 is 19.7 Å². The number of amides is 2. The molecule has 138 valence electrons. The van der Waals surface area contributed by atoms with Crippen molar-refractivity contribution in [3.63, 3.8) is 0 Å². The number of benzene rings is 2. The minimum atomic E-state index is -0.204. The summed E-state index contributed by atoms with van der Waals surface area (Å²) in [4.78, 5) is 25.5. The van der Waals surface area contributed by atoms with Crippen LogP contribution in [-0.2, 0) is 16.0 Å². The van der Waals surface area contributed by atoms with Crippen molar-refractivity contribution in [1.29, 1.82) is 0 Å². The Morgan fingerprint density at radius 3 is 1.96 bits per heavy atom. The molecule has 0 fully saturated rings. The summed E-state index contributed by atoms with van der Waals surface area (Å²) in [6.07, 6.45) is 0.707. The Bertz CT molecular complexity index is 726. The maximum absolute atomic E-state index is 12.2. The van der Waals surface area contributed by atoms with Gasteiger partial charge in [0.2, 0.25) is 11.8 Å². The second-order valence-electron chi connectivity index (χ2n) is 5.75. The number of methoxy groups -OCH3 is 2. The summed E-state index contributed by atoms with van der Waals surface area (Å²) >= 11 is 0. The fourth-order valence-corrected chi connectivity index (χ4v) is 2.48. The summed E-state index contributed by atoms with van der Waals surface area (Å²) < 4.78 is 10.2. The highest BCUT2D eigenvalue weighted by atomic mass is 16.5. The van der Waals surface area contributed by atoms with E-state index in [1.165, 1.54) is 11.8 Å². The third-order valence-corrected chi connectivity index (χ3v) is 3.96. The second-order valence-corrected chi connectivity index (χ2v) is 5.75. The Morgan fingerprint density at radius 2 is 1.46 bits per heavy atom. The Balaban J connectivity index is 1.87. The molecule has 6 nitrogen and oxygen atoms in total. The summed E-state index contributed by atoms with van der Waals surface area (Å²) in [5.41, 5.74) is 1.76. The molecule has 0 heterocycles. The van der Waals surface area contributed by atoms with Gasteiger partial charge >= 0.3 is 0 Å². The van der Waals surface area contributed by atoms with Crippen LogP contribution in [0.1, 0.15) is 12.5 Å². The Labute approximate surface area is 153 Å². The van der Waals surface area contributed by atoms with Gasteiger partial charge in [0.15, 0.2) is 0 Å². The highest BCUT2D eigenvalue weighted by Gasteiger charge is 2.15. The van der Waals surface area contributed by atoms with Crippen molar-refractivity contribution in [1.82, 2.24) is 5.32 Å². The lowest BCUT2D eigenvalue weighted by Gasteiger charge is -2.21. The zero-order valence-corrected chi connectivity index (χ0v) is 15.3. The standard InChI is InChI=1S/C20H24N2O4/c1-15(23)22(17-6-10-19(26-3)11-7-17)14-20(24)21-13-12-16-4-8-18(25-2)9-5-16/h4-11H,12-14H2,1-3H3,(H,21,24). The number of nitrogens with one attached hydrogen (secondary N) is 1. The van der Waals surface area contributed by atoms with Crippen molar-refractivity contribution < 1.29 is 19.1 Å². The van der Waals surface area contributed by atoms with E-state index >= 15 is 0 Å². The van der Waals surface area contributed by atoms with Gasteiger partial charge in [-0.25, -0.2) is 0 Å². The molecule has 0 saturated heterocycles. The van der Waals surface area contributed by atoms with Crippen LogP contribution in [0.15, 0.2) is 48.5 Å². The van der Waals surface area contributed by atoms with E-state index in [0.717, 1.165) is 11.3 Å². The number of nitrogens with zero attached hydrogens (tertiary/aromatic N) is 1. The first kappa shape index (κ1) is 19.3. The monoisotopic (exact) mass is 356 g/mol. The fourth-order valence-electron chi connectivity index (χ4n) is 2.48. The molecule has 0 aromatic heterocycles. The van der Waals surface area contributed by atoms with Gasteiger partial charge in [-0.1, -0.05) is 12.1 Å². The molecule has 2 aromatic rings. The van der Waals surface area contributed by atoms with E-state index < -0.39 is 0 Å². The second kappa shape index (κ2) is 9.46. The van der Waals surface area contributed by atoms with Crippen LogP contribution < -0.4 is 19.7 Å². The van der Waals surface area contributed by atoms with Crippen LogP contribution in [0.4, 0.5) is 5.69 Å². The lowest BCUT2D eigenvalue weighted by atomic mass is 10.1. The van der Waals surface area contributed by atoms with E-state index in [0.29, 0.717) is 24.4 Å². The first-order chi connectivity index (χ1) is 12.5. The van der Waals surface area contributed by atoms with Gasteiger partial charge in [0, 0.05) is 19.2 Å². The molecule has 0 bridgehead atoms. The van der Waals surface area contributed by atoms with Gasteiger partial charge in [0.1, 0.15) is 18.0 Å². The number of hydrogen-bond acceptors (Lipinski definition) is 4. The topological polar surface area (TPSA) is 67.9 Å². The van der Waals surface area contributed by atoms with Crippen LogP contribution in [0.3, 0.4) is 0 Å². The van der Waals surface area contributed by atoms with Crippen LogP contribution in [0.25, 0.3) is 0 Å². The largest absolute Gasteiger partial charge is 0.497 e. The molecule has 0 atom stereocenters. The van der Waals surface area contributed by atoms with Gasteiger partial charge in [0.05, 0.1) is 14.2 Å². The molecule has 2 amide bonds. The molecular weight excluding hydrogens is 332 g/mol. The number of carbonyl (C=O) groups excluding carboxylic acids is 2. The van der Waals surface area contributed by atoms with Crippen LogP contribution in [0.5, 0.6) is 11.5 Å². The van der Waals surface area contributed by atoms with E-state index in [1.807, 2.05) is 24.3 Å². The lowest BCUT2D eigenvalue weighted by molar-refractivity contribution is -0.123. The van der Waals surface area contributed by atoms with Crippen LogP contribution in [0, 0.1) is 0 Å². The van der Waals surface area contributed by atoms with Gasteiger partial charge in [0.25, 0.3) is 0 Å². The average Bonchev–Trinajstić information content (AvgIpc) is 2.66. The summed E-state index contributed by atoms with van der Waals surface area (Å²) in [7, 11) is 3.20. The van der Waals surface area contributed by atoms with Gasteiger partial charge in [-0.15, -0.1) is 0 Å². The number of anilines is 1.